The molecule has 1 N–H and O–H groups in total. The van der Waals surface area contributed by atoms with Crippen LogP contribution in [0.1, 0.15) is 45.3 Å². The number of para-hydroxylation sites is 1. The Hall–Kier alpha value is -1.32. The third kappa shape index (κ3) is 2.29. The van der Waals surface area contributed by atoms with Gasteiger partial charge in [0.1, 0.15) is 5.75 Å². The maximum atomic E-state index is 5.90. The van der Waals surface area contributed by atoms with E-state index in [1.165, 1.54) is 41.7 Å². The summed E-state index contributed by atoms with van der Waals surface area (Å²) in [6.45, 7) is 0.823. The Labute approximate surface area is 130 Å². The lowest BCUT2D eigenvalue weighted by Gasteiger charge is -2.18. The third-order valence-corrected chi connectivity index (χ3v) is 5.95. The fourth-order valence-corrected chi connectivity index (χ4v) is 4.96. The van der Waals surface area contributed by atoms with E-state index in [9.17, 15) is 0 Å². The fourth-order valence-electron chi connectivity index (χ4n) is 3.57. The Kier molecular flexibility index (Phi) is 3.48. The van der Waals surface area contributed by atoms with Gasteiger partial charge in [-0.3, -0.25) is 0 Å². The molecule has 0 saturated carbocycles. The number of aryl methyl sites for hydroxylation is 2. The minimum absolute atomic E-state index is 0.258. The molecule has 0 saturated heterocycles. The minimum atomic E-state index is 0.258. The zero-order chi connectivity index (χ0) is 14.2. The second-order valence-corrected chi connectivity index (χ2v) is 7.13. The zero-order valence-corrected chi connectivity index (χ0v) is 13.3. The van der Waals surface area contributed by atoms with E-state index in [1.807, 2.05) is 11.3 Å². The molecule has 1 atom stereocenters. The van der Waals surface area contributed by atoms with Gasteiger partial charge in [0.05, 0.1) is 12.6 Å². The van der Waals surface area contributed by atoms with Crippen LogP contribution in [0.2, 0.25) is 0 Å². The van der Waals surface area contributed by atoms with Crippen LogP contribution in [-0.4, -0.2) is 13.7 Å². The van der Waals surface area contributed by atoms with Crippen LogP contribution in [0.3, 0.4) is 0 Å². The van der Waals surface area contributed by atoms with Gasteiger partial charge in [0.2, 0.25) is 0 Å². The molecule has 1 aromatic heterocycles. The Balaban J connectivity index is 1.75. The highest BCUT2D eigenvalue weighted by Gasteiger charge is 2.25. The Bertz CT molecular complexity index is 638. The van der Waals surface area contributed by atoms with E-state index in [2.05, 4.69) is 36.6 Å². The predicted octanol–water partition coefficient (Wildman–Crippen LogP) is 3.87. The van der Waals surface area contributed by atoms with E-state index in [0.29, 0.717) is 0 Å². The summed E-state index contributed by atoms with van der Waals surface area (Å²) in [5.41, 5.74) is 4.23. The third-order valence-electron chi connectivity index (χ3n) is 4.64. The maximum Gasteiger partial charge on any atom is 0.127 e. The van der Waals surface area contributed by atoms with Crippen molar-refractivity contribution < 1.29 is 4.74 Å². The standard InChI is InChI=1S/C18H21NOS/c1-19-17(14-7-4-6-12-9-10-20-18(12)14)16-11-13-5-2-3-8-15(13)21-16/h4,6-7,11,17,19H,2-3,5,8-10H2,1H3. The first-order chi connectivity index (χ1) is 10.4. The first-order valence-corrected chi connectivity index (χ1v) is 8.72. The quantitative estimate of drug-likeness (QED) is 0.929. The van der Waals surface area contributed by atoms with Gasteiger partial charge < -0.3 is 10.1 Å². The smallest absolute Gasteiger partial charge is 0.127 e. The van der Waals surface area contributed by atoms with Crippen molar-refractivity contribution in [1.82, 2.24) is 5.32 Å². The second-order valence-electron chi connectivity index (χ2n) is 5.96. The molecular weight excluding hydrogens is 278 g/mol. The number of hydrogen-bond donors (Lipinski definition) is 1. The number of nitrogens with one attached hydrogen (secondary N) is 1. The molecule has 1 aliphatic heterocycles. The predicted molar refractivity (Wildman–Crippen MR) is 87.5 cm³/mol. The minimum Gasteiger partial charge on any atom is -0.493 e. The monoisotopic (exact) mass is 299 g/mol. The lowest BCUT2D eigenvalue weighted by Crippen LogP contribution is -2.17. The van der Waals surface area contributed by atoms with Gasteiger partial charge in [-0.25, -0.2) is 0 Å². The first-order valence-electron chi connectivity index (χ1n) is 7.90. The molecule has 4 rings (SSSR count). The highest BCUT2D eigenvalue weighted by molar-refractivity contribution is 7.12. The van der Waals surface area contributed by atoms with Crippen molar-refractivity contribution in [2.24, 2.45) is 0 Å². The van der Waals surface area contributed by atoms with E-state index in [0.717, 1.165) is 18.8 Å². The van der Waals surface area contributed by atoms with Crippen LogP contribution in [0.5, 0.6) is 5.75 Å². The van der Waals surface area contributed by atoms with Gasteiger partial charge in [-0.15, -0.1) is 11.3 Å². The number of fused-ring (bicyclic) bond motifs is 2. The Morgan fingerprint density at radius 3 is 2.90 bits per heavy atom. The summed E-state index contributed by atoms with van der Waals surface area (Å²) in [6.07, 6.45) is 6.25. The van der Waals surface area contributed by atoms with Crippen LogP contribution < -0.4 is 10.1 Å². The molecule has 1 aliphatic carbocycles. The molecule has 2 nitrogen and oxygen atoms in total. The SMILES string of the molecule is CNC(c1cc2c(s1)CCCC2)c1cccc2c1OCC2. The number of ether oxygens (including phenoxy) is 1. The van der Waals surface area contributed by atoms with Crippen LogP contribution in [0.15, 0.2) is 24.3 Å². The largest absolute Gasteiger partial charge is 0.493 e. The first kappa shape index (κ1) is 13.4. The summed E-state index contributed by atoms with van der Waals surface area (Å²) >= 11 is 1.99. The Morgan fingerprint density at radius 2 is 2.05 bits per heavy atom. The fraction of sp³-hybridized carbons (Fsp3) is 0.444. The average molecular weight is 299 g/mol. The second kappa shape index (κ2) is 5.47. The van der Waals surface area contributed by atoms with Crippen molar-refractivity contribution >= 4 is 11.3 Å². The van der Waals surface area contributed by atoms with E-state index < -0.39 is 0 Å². The summed E-state index contributed by atoms with van der Waals surface area (Å²) in [5, 5.41) is 3.50. The van der Waals surface area contributed by atoms with Crippen molar-refractivity contribution in [3.8, 4) is 5.75 Å². The molecule has 2 aliphatic rings. The molecule has 2 aromatic rings. The van der Waals surface area contributed by atoms with Gasteiger partial charge in [0, 0.05) is 21.7 Å². The van der Waals surface area contributed by atoms with Gasteiger partial charge in [-0.2, -0.15) is 0 Å². The number of hydrogen-bond acceptors (Lipinski definition) is 3. The van der Waals surface area contributed by atoms with Gasteiger partial charge in [-0.05, 0) is 49.9 Å². The molecule has 0 radical (unpaired) electrons. The highest BCUT2D eigenvalue weighted by Crippen LogP contribution is 2.40. The molecular formula is C18H21NOS. The zero-order valence-electron chi connectivity index (χ0n) is 12.4. The lowest BCUT2D eigenvalue weighted by atomic mass is 9.97. The van der Waals surface area contributed by atoms with Crippen molar-refractivity contribution in [2.45, 2.75) is 38.1 Å². The van der Waals surface area contributed by atoms with Crippen molar-refractivity contribution in [3.63, 3.8) is 0 Å². The molecule has 1 aromatic carbocycles. The van der Waals surface area contributed by atoms with Gasteiger partial charge >= 0.3 is 0 Å². The van der Waals surface area contributed by atoms with Gasteiger partial charge in [0.15, 0.2) is 0 Å². The number of benzene rings is 1. The summed E-state index contributed by atoms with van der Waals surface area (Å²) in [7, 11) is 2.05. The molecule has 0 amide bonds. The molecule has 110 valence electrons. The molecule has 1 unspecified atom stereocenters. The summed E-state index contributed by atoms with van der Waals surface area (Å²) in [5.74, 6) is 1.11. The van der Waals surface area contributed by atoms with Crippen LogP contribution in [0.25, 0.3) is 0 Å². The molecule has 2 heterocycles. The topological polar surface area (TPSA) is 21.3 Å². The normalized spacial score (nSPS) is 18.0. The number of thiophene rings is 1. The van der Waals surface area contributed by atoms with Crippen LogP contribution in [0.4, 0.5) is 0 Å². The molecule has 0 spiro atoms. The summed E-state index contributed by atoms with van der Waals surface area (Å²) in [4.78, 5) is 3.04. The van der Waals surface area contributed by atoms with Gasteiger partial charge in [-0.1, -0.05) is 18.2 Å². The molecule has 21 heavy (non-hydrogen) atoms. The van der Waals surface area contributed by atoms with Crippen molar-refractivity contribution in [1.29, 1.82) is 0 Å². The van der Waals surface area contributed by atoms with E-state index >= 15 is 0 Å². The maximum absolute atomic E-state index is 5.90. The van der Waals surface area contributed by atoms with E-state index in [1.54, 1.807) is 10.4 Å². The van der Waals surface area contributed by atoms with Crippen molar-refractivity contribution in [3.05, 3.63) is 50.7 Å². The lowest BCUT2D eigenvalue weighted by molar-refractivity contribution is 0.351. The molecule has 0 fully saturated rings. The van der Waals surface area contributed by atoms with Crippen molar-refractivity contribution in [2.75, 3.05) is 13.7 Å². The van der Waals surface area contributed by atoms with E-state index in [4.69, 9.17) is 4.74 Å². The molecule has 3 heteroatoms. The molecule has 0 bridgehead atoms. The van der Waals surface area contributed by atoms with Crippen LogP contribution >= 0.6 is 11.3 Å². The Morgan fingerprint density at radius 1 is 1.14 bits per heavy atom. The van der Waals surface area contributed by atoms with Crippen LogP contribution in [0, 0.1) is 0 Å². The summed E-state index contributed by atoms with van der Waals surface area (Å²) in [6, 6.07) is 9.26. The average Bonchev–Trinajstić information content (AvgIpc) is 3.14. The highest BCUT2D eigenvalue weighted by atomic mass is 32.1. The summed E-state index contributed by atoms with van der Waals surface area (Å²) < 4.78 is 5.90. The van der Waals surface area contributed by atoms with E-state index in [-0.39, 0.29) is 6.04 Å². The van der Waals surface area contributed by atoms with Crippen LogP contribution in [-0.2, 0) is 19.3 Å². The number of rotatable bonds is 3. The van der Waals surface area contributed by atoms with Gasteiger partial charge in [0.25, 0.3) is 0 Å².